The third-order valence-corrected chi connectivity index (χ3v) is 4.38. The van der Waals surface area contributed by atoms with E-state index >= 15 is 0 Å². The highest BCUT2D eigenvalue weighted by atomic mass is 19.4. The third-order valence-electron chi connectivity index (χ3n) is 4.38. The van der Waals surface area contributed by atoms with Crippen LogP contribution in [0.2, 0.25) is 0 Å². The van der Waals surface area contributed by atoms with Crippen molar-refractivity contribution in [3.63, 3.8) is 0 Å². The molecular formula is C16H20F3NO. The van der Waals surface area contributed by atoms with E-state index in [1.807, 2.05) is 0 Å². The van der Waals surface area contributed by atoms with Crippen molar-refractivity contribution in [2.24, 2.45) is 11.3 Å². The van der Waals surface area contributed by atoms with Crippen molar-refractivity contribution in [2.45, 2.75) is 32.9 Å². The Labute approximate surface area is 122 Å². The molecule has 1 unspecified atom stereocenters. The number of hydrogen-bond acceptors (Lipinski definition) is 2. The first-order valence-corrected chi connectivity index (χ1v) is 7.16. The van der Waals surface area contributed by atoms with Crippen LogP contribution in [0.15, 0.2) is 24.3 Å². The molecule has 1 N–H and O–H groups in total. The lowest BCUT2D eigenvalue weighted by atomic mass is 9.70. The molecular weight excluding hydrogens is 279 g/mol. The zero-order valence-electron chi connectivity index (χ0n) is 12.3. The van der Waals surface area contributed by atoms with E-state index in [1.54, 1.807) is 13.8 Å². The van der Waals surface area contributed by atoms with Gasteiger partial charge in [-0.15, -0.1) is 0 Å². The molecule has 1 saturated heterocycles. The fraction of sp³-hybridized carbons (Fsp3) is 0.562. The molecule has 1 aliphatic rings. The Kier molecular flexibility index (Phi) is 4.42. The third kappa shape index (κ3) is 3.28. The molecule has 1 fully saturated rings. The standard InChI is InChI=1S/C16H20F3NO/c1-15(2,11-6-5-9-20-10-11)14(21)12-7-3-4-8-13(12)16(17,18)19/h3-4,7-8,11,20H,5-6,9-10H2,1-2H3. The average Bonchev–Trinajstić information content (AvgIpc) is 2.46. The number of hydrogen-bond donors (Lipinski definition) is 1. The van der Waals surface area contributed by atoms with E-state index in [1.165, 1.54) is 18.2 Å². The van der Waals surface area contributed by atoms with Gasteiger partial charge in [0.15, 0.2) is 5.78 Å². The quantitative estimate of drug-likeness (QED) is 0.857. The fourth-order valence-corrected chi connectivity index (χ4v) is 2.93. The largest absolute Gasteiger partial charge is 0.417 e. The molecule has 0 amide bonds. The van der Waals surface area contributed by atoms with Gasteiger partial charge in [0.1, 0.15) is 0 Å². The molecule has 0 saturated carbocycles. The molecule has 1 aromatic carbocycles. The van der Waals surface area contributed by atoms with Gasteiger partial charge in [-0.1, -0.05) is 32.0 Å². The number of Topliss-reactive ketones (excluding diaryl/α,β-unsaturated/α-hetero) is 1. The van der Waals surface area contributed by atoms with Crippen LogP contribution in [-0.2, 0) is 6.18 Å². The van der Waals surface area contributed by atoms with Crippen molar-refractivity contribution in [1.82, 2.24) is 5.32 Å². The number of benzene rings is 1. The van der Waals surface area contributed by atoms with Crippen LogP contribution in [0.4, 0.5) is 13.2 Å². The Morgan fingerprint density at radius 3 is 2.48 bits per heavy atom. The van der Waals surface area contributed by atoms with Crippen LogP contribution in [0.25, 0.3) is 0 Å². The second-order valence-electron chi connectivity index (χ2n) is 6.14. The molecule has 0 aromatic heterocycles. The van der Waals surface area contributed by atoms with Crippen LogP contribution >= 0.6 is 0 Å². The molecule has 116 valence electrons. The van der Waals surface area contributed by atoms with E-state index in [2.05, 4.69) is 5.32 Å². The number of nitrogens with one attached hydrogen (secondary N) is 1. The molecule has 21 heavy (non-hydrogen) atoms. The molecule has 1 atom stereocenters. The molecule has 1 heterocycles. The molecule has 0 radical (unpaired) electrons. The first kappa shape index (κ1) is 16.0. The van der Waals surface area contributed by atoms with Gasteiger partial charge in [0, 0.05) is 11.0 Å². The summed E-state index contributed by atoms with van der Waals surface area (Å²) in [6, 6.07) is 5.05. The summed E-state index contributed by atoms with van der Waals surface area (Å²) in [4.78, 5) is 12.7. The summed E-state index contributed by atoms with van der Waals surface area (Å²) in [5.74, 6) is -0.371. The Morgan fingerprint density at radius 2 is 1.90 bits per heavy atom. The highest BCUT2D eigenvalue weighted by molar-refractivity contribution is 6.01. The normalized spacial score (nSPS) is 20.3. The SMILES string of the molecule is CC(C)(C(=O)c1ccccc1C(F)(F)F)C1CCCNC1. The van der Waals surface area contributed by atoms with Crippen molar-refractivity contribution in [3.05, 3.63) is 35.4 Å². The second-order valence-corrected chi connectivity index (χ2v) is 6.14. The summed E-state index contributed by atoms with van der Waals surface area (Å²) in [5.41, 5.74) is -1.87. The molecule has 2 nitrogen and oxygen atoms in total. The van der Waals surface area contributed by atoms with Gasteiger partial charge in [0.05, 0.1) is 5.56 Å². The topological polar surface area (TPSA) is 29.1 Å². The minimum Gasteiger partial charge on any atom is -0.316 e. The van der Waals surface area contributed by atoms with E-state index in [-0.39, 0.29) is 11.5 Å². The van der Waals surface area contributed by atoms with Gasteiger partial charge < -0.3 is 5.32 Å². The van der Waals surface area contributed by atoms with Crippen molar-refractivity contribution >= 4 is 5.78 Å². The Bertz CT molecular complexity index is 516. The second kappa shape index (κ2) is 5.79. The predicted octanol–water partition coefficient (Wildman–Crippen LogP) is 3.91. The Hall–Kier alpha value is -1.36. The van der Waals surface area contributed by atoms with Gasteiger partial charge in [0.25, 0.3) is 0 Å². The predicted molar refractivity (Wildman–Crippen MR) is 75.1 cm³/mol. The molecule has 0 spiro atoms. The number of alkyl halides is 3. The number of piperidine rings is 1. The number of halogens is 3. The Balaban J connectivity index is 2.35. The maximum Gasteiger partial charge on any atom is 0.417 e. The van der Waals surface area contributed by atoms with Crippen molar-refractivity contribution in [3.8, 4) is 0 Å². The first-order chi connectivity index (χ1) is 9.74. The number of carbonyl (C=O) groups is 1. The smallest absolute Gasteiger partial charge is 0.316 e. The highest BCUT2D eigenvalue weighted by Crippen LogP contribution is 2.39. The highest BCUT2D eigenvalue weighted by Gasteiger charge is 2.42. The number of carbonyl (C=O) groups excluding carboxylic acids is 1. The maximum atomic E-state index is 13.1. The average molecular weight is 299 g/mol. The van der Waals surface area contributed by atoms with E-state index in [0.717, 1.165) is 25.5 Å². The number of ketones is 1. The maximum absolute atomic E-state index is 13.1. The minimum atomic E-state index is -4.51. The summed E-state index contributed by atoms with van der Waals surface area (Å²) in [7, 11) is 0. The van der Waals surface area contributed by atoms with Gasteiger partial charge >= 0.3 is 6.18 Å². The van der Waals surface area contributed by atoms with Crippen LogP contribution < -0.4 is 5.32 Å². The van der Waals surface area contributed by atoms with E-state index in [4.69, 9.17) is 0 Å². The summed E-state index contributed by atoms with van der Waals surface area (Å²) in [6.45, 7) is 5.08. The van der Waals surface area contributed by atoms with Gasteiger partial charge in [-0.2, -0.15) is 13.2 Å². The van der Waals surface area contributed by atoms with Gasteiger partial charge in [-0.3, -0.25) is 4.79 Å². The lowest BCUT2D eigenvalue weighted by molar-refractivity contribution is -0.138. The van der Waals surface area contributed by atoms with E-state index in [0.29, 0.717) is 6.54 Å². The summed E-state index contributed by atoms with van der Waals surface area (Å²) in [6.07, 6.45) is -2.70. The van der Waals surface area contributed by atoms with Crippen LogP contribution in [-0.4, -0.2) is 18.9 Å². The molecule has 5 heteroatoms. The molecule has 1 aromatic rings. The van der Waals surface area contributed by atoms with Crippen molar-refractivity contribution in [1.29, 1.82) is 0 Å². The summed E-state index contributed by atoms with van der Waals surface area (Å²) in [5, 5.41) is 3.22. The zero-order valence-corrected chi connectivity index (χ0v) is 12.3. The summed E-state index contributed by atoms with van der Waals surface area (Å²) >= 11 is 0. The minimum absolute atomic E-state index is 0.0556. The van der Waals surface area contributed by atoms with Crippen molar-refractivity contribution < 1.29 is 18.0 Å². The van der Waals surface area contributed by atoms with Crippen molar-refractivity contribution in [2.75, 3.05) is 13.1 Å². The van der Waals surface area contributed by atoms with Gasteiger partial charge in [-0.05, 0) is 37.9 Å². The van der Waals surface area contributed by atoms with Crippen LogP contribution in [0.1, 0.15) is 42.6 Å². The Morgan fingerprint density at radius 1 is 1.24 bits per heavy atom. The van der Waals surface area contributed by atoms with Gasteiger partial charge in [0.2, 0.25) is 0 Å². The zero-order chi connectivity index (χ0) is 15.7. The molecule has 0 bridgehead atoms. The monoisotopic (exact) mass is 299 g/mol. The molecule has 1 aliphatic heterocycles. The van der Waals surface area contributed by atoms with E-state index in [9.17, 15) is 18.0 Å². The van der Waals surface area contributed by atoms with Crippen LogP contribution in [0.3, 0.4) is 0 Å². The van der Waals surface area contributed by atoms with Crippen LogP contribution in [0.5, 0.6) is 0 Å². The first-order valence-electron chi connectivity index (χ1n) is 7.16. The lowest BCUT2D eigenvalue weighted by Gasteiger charge is -2.36. The summed E-state index contributed by atoms with van der Waals surface area (Å²) < 4.78 is 39.2. The van der Waals surface area contributed by atoms with Gasteiger partial charge in [-0.25, -0.2) is 0 Å². The molecule has 2 rings (SSSR count). The lowest BCUT2D eigenvalue weighted by Crippen LogP contribution is -2.43. The van der Waals surface area contributed by atoms with Crippen LogP contribution in [0, 0.1) is 11.3 Å². The molecule has 0 aliphatic carbocycles. The fourth-order valence-electron chi connectivity index (χ4n) is 2.93. The number of rotatable bonds is 3. The van der Waals surface area contributed by atoms with E-state index < -0.39 is 22.9 Å².